The molecule has 1 amide bonds. The summed E-state index contributed by atoms with van der Waals surface area (Å²) in [6, 6.07) is 9.15. The minimum absolute atomic E-state index is 0.118. The third-order valence-electron chi connectivity index (χ3n) is 4.77. The van der Waals surface area contributed by atoms with Gasteiger partial charge in [-0.2, -0.15) is 0 Å². The zero-order chi connectivity index (χ0) is 21.5. The smallest absolute Gasteiger partial charge is 0.420 e. The molecule has 6 nitrogen and oxygen atoms in total. The Hall–Kier alpha value is -2.23. The van der Waals surface area contributed by atoms with Gasteiger partial charge in [-0.05, 0) is 65.7 Å². The van der Waals surface area contributed by atoms with E-state index in [0.717, 1.165) is 22.2 Å². The first-order chi connectivity index (χ1) is 14.2. The van der Waals surface area contributed by atoms with Crippen LogP contribution in [0.15, 0.2) is 40.9 Å². The van der Waals surface area contributed by atoms with Gasteiger partial charge in [0, 0.05) is 40.0 Å². The van der Waals surface area contributed by atoms with Crippen LogP contribution >= 0.6 is 27.5 Å². The molecular formula is C20H17BrClF2N3O3. The number of benzene rings is 2. The normalized spacial score (nSPS) is 16.8. The third-order valence-corrected chi connectivity index (χ3v) is 5.45. The number of imidazole rings is 1. The highest BCUT2D eigenvalue weighted by atomic mass is 79.9. The van der Waals surface area contributed by atoms with Gasteiger partial charge >= 0.3 is 5.57 Å². The van der Waals surface area contributed by atoms with Crippen LogP contribution in [-0.4, -0.2) is 27.6 Å². The van der Waals surface area contributed by atoms with E-state index in [2.05, 4.69) is 42.5 Å². The van der Waals surface area contributed by atoms with Gasteiger partial charge < -0.3 is 19.4 Å². The molecular weight excluding hydrogens is 484 g/mol. The number of hydrogen-bond donors (Lipinski definition) is 1. The highest BCUT2D eigenvalue weighted by Gasteiger charge is 2.27. The number of amides is 1. The van der Waals surface area contributed by atoms with E-state index in [1.807, 2.05) is 0 Å². The molecule has 1 aromatic heterocycles. The van der Waals surface area contributed by atoms with Crippen LogP contribution < -0.4 is 10.1 Å². The van der Waals surface area contributed by atoms with E-state index in [4.69, 9.17) is 16.3 Å². The minimum Gasteiger partial charge on any atom is -0.420 e. The number of aromatic nitrogens is 2. The van der Waals surface area contributed by atoms with Crippen molar-refractivity contribution in [1.29, 1.82) is 0 Å². The Morgan fingerprint density at radius 2 is 2.10 bits per heavy atom. The van der Waals surface area contributed by atoms with E-state index in [1.165, 1.54) is 24.3 Å². The Bertz CT molecular complexity index is 1100. The minimum atomic E-state index is -3.79. The number of nitrogens with zero attached hydrogens (tertiary/aromatic N) is 2. The highest BCUT2D eigenvalue weighted by molar-refractivity contribution is 9.10. The largest absolute Gasteiger partial charge is 0.487 e. The average Bonchev–Trinajstić information content (AvgIpc) is 2.95. The molecule has 2 aromatic carbocycles. The summed E-state index contributed by atoms with van der Waals surface area (Å²) in [5, 5.41) is 2.73. The maximum atomic E-state index is 12.7. The number of nitrogens with one attached hydrogen (secondary N) is 1. The molecule has 2 heterocycles. The molecule has 3 aromatic rings. The molecule has 1 aliphatic heterocycles. The molecule has 4 rings (SSSR count). The number of ether oxygens (including phenoxy) is 2. The molecule has 0 bridgehead atoms. The summed E-state index contributed by atoms with van der Waals surface area (Å²) in [7, 11) is 0. The summed E-state index contributed by atoms with van der Waals surface area (Å²) in [5.41, 5.74) is -1.36. The van der Waals surface area contributed by atoms with Crippen molar-refractivity contribution >= 4 is 50.2 Å². The lowest BCUT2D eigenvalue weighted by molar-refractivity contribution is -0.0964. The lowest BCUT2D eigenvalue weighted by atomic mass is 10.1. The Morgan fingerprint density at radius 3 is 2.80 bits per heavy atom. The van der Waals surface area contributed by atoms with Crippen molar-refractivity contribution in [1.82, 2.24) is 9.55 Å². The maximum absolute atomic E-state index is 12.7. The molecule has 0 saturated heterocycles. The molecule has 0 radical (unpaired) electrons. The predicted molar refractivity (Wildman–Crippen MR) is 112 cm³/mol. The number of halogens is 4. The van der Waals surface area contributed by atoms with Crippen LogP contribution in [-0.2, 0) is 11.3 Å². The van der Waals surface area contributed by atoms with E-state index < -0.39 is 5.57 Å². The average molecular weight is 501 g/mol. The summed E-state index contributed by atoms with van der Waals surface area (Å²) in [4.78, 5) is 17.4. The molecule has 0 saturated carbocycles. The number of rotatable bonds is 4. The zero-order valence-electron chi connectivity index (χ0n) is 15.8. The first-order valence-electron chi connectivity index (χ1n) is 9.16. The zero-order valence-corrected chi connectivity index (χ0v) is 18.1. The van der Waals surface area contributed by atoms with E-state index >= 15 is 0 Å². The molecule has 0 unspecified atom stereocenters. The Kier molecular flexibility index (Phi) is 5.69. The molecule has 1 N–H and O–H groups in total. The van der Waals surface area contributed by atoms with E-state index in [1.54, 1.807) is 12.1 Å². The maximum Gasteiger partial charge on any atom is 0.487 e. The monoisotopic (exact) mass is 499 g/mol. The lowest BCUT2D eigenvalue weighted by Crippen LogP contribution is -2.16. The van der Waals surface area contributed by atoms with Crippen LogP contribution in [0.4, 0.5) is 14.5 Å². The van der Waals surface area contributed by atoms with Crippen molar-refractivity contribution in [2.24, 2.45) is 0 Å². The Labute approximate surface area is 184 Å². The standard InChI is InChI=1S/C20H17BrClF2N3O3/c1-11-6-7-29-10-17-26-16-9-12(8-15(21)18(16)27(11)17)19(28)25-13-2-4-14(5-3-13)30-20(22,23)24/h2-5,8-9,11H,6-7,10H2,1H3,(H,25,28)/t11-/m1/s1. The fourth-order valence-electron chi connectivity index (χ4n) is 3.43. The van der Waals surface area contributed by atoms with Gasteiger partial charge in [-0.25, -0.2) is 4.98 Å². The second kappa shape index (κ2) is 8.13. The molecule has 158 valence electrons. The van der Waals surface area contributed by atoms with E-state index in [0.29, 0.717) is 30.0 Å². The van der Waals surface area contributed by atoms with Crippen molar-refractivity contribution in [3.8, 4) is 5.75 Å². The number of anilines is 1. The van der Waals surface area contributed by atoms with Crippen LogP contribution in [0.5, 0.6) is 5.75 Å². The van der Waals surface area contributed by atoms with Gasteiger partial charge in [0.15, 0.2) is 0 Å². The van der Waals surface area contributed by atoms with Crippen LogP contribution in [0.1, 0.15) is 35.6 Å². The van der Waals surface area contributed by atoms with Gasteiger partial charge in [0.05, 0.1) is 11.0 Å². The van der Waals surface area contributed by atoms with Crippen molar-refractivity contribution in [2.45, 2.75) is 31.6 Å². The number of carbonyl (C=O) groups excluding carboxylic acids is 1. The first-order valence-corrected chi connectivity index (χ1v) is 10.3. The quantitative estimate of drug-likeness (QED) is 0.467. The molecule has 0 fully saturated rings. The fraction of sp³-hybridized carbons (Fsp3) is 0.300. The summed E-state index contributed by atoms with van der Waals surface area (Å²) >= 11 is 8.31. The first kappa shape index (κ1) is 21.0. The van der Waals surface area contributed by atoms with Gasteiger partial charge in [0.1, 0.15) is 18.2 Å². The van der Waals surface area contributed by atoms with Gasteiger partial charge in [-0.15, -0.1) is 8.78 Å². The topological polar surface area (TPSA) is 65.4 Å². The number of hydrogen-bond acceptors (Lipinski definition) is 4. The number of alkyl halides is 3. The van der Waals surface area contributed by atoms with Gasteiger partial charge in [-0.1, -0.05) is 0 Å². The fourth-order valence-corrected chi connectivity index (χ4v) is 4.16. The van der Waals surface area contributed by atoms with E-state index in [9.17, 15) is 13.6 Å². The molecule has 30 heavy (non-hydrogen) atoms. The SMILES string of the molecule is C[C@@H]1CCOCc2nc3cc(C(=O)Nc4ccc(OC(F)(F)Cl)cc4)cc(Br)c3n21. The van der Waals surface area contributed by atoms with Crippen LogP contribution in [0.2, 0.25) is 0 Å². The molecule has 1 atom stereocenters. The highest BCUT2D eigenvalue weighted by Crippen LogP contribution is 2.33. The predicted octanol–water partition coefficient (Wildman–Crippen LogP) is 5.70. The van der Waals surface area contributed by atoms with Gasteiger partial charge in [-0.3, -0.25) is 4.79 Å². The summed E-state index contributed by atoms with van der Waals surface area (Å²) in [6.45, 7) is 3.21. The lowest BCUT2D eigenvalue weighted by Gasteiger charge is -2.14. The second-order valence-electron chi connectivity index (χ2n) is 6.94. The van der Waals surface area contributed by atoms with Crippen molar-refractivity contribution in [3.05, 3.63) is 52.3 Å². The van der Waals surface area contributed by atoms with Crippen molar-refractivity contribution < 1.29 is 23.0 Å². The van der Waals surface area contributed by atoms with E-state index in [-0.39, 0.29) is 17.7 Å². The van der Waals surface area contributed by atoms with Crippen molar-refractivity contribution in [3.63, 3.8) is 0 Å². The Morgan fingerprint density at radius 1 is 1.37 bits per heavy atom. The number of fused-ring (bicyclic) bond motifs is 3. The van der Waals surface area contributed by atoms with Crippen molar-refractivity contribution in [2.75, 3.05) is 11.9 Å². The van der Waals surface area contributed by atoms with Crippen LogP contribution in [0.3, 0.4) is 0 Å². The Balaban J connectivity index is 1.58. The van der Waals surface area contributed by atoms with Crippen LogP contribution in [0.25, 0.3) is 11.0 Å². The molecule has 1 aliphatic rings. The van der Waals surface area contributed by atoms with Gasteiger partial charge in [0.2, 0.25) is 0 Å². The summed E-state index contributed by atoms with van der Waals surface area (Å²) in [5.74, 6) is 0.342. The molecule has 0 spiro atoms. The number of carbonyl (C=O) groups is 1. The van der Waals surface area contributed by atoms with Crippen LogP contribution in [0, 0.1) is 0 Å². The summed E-state index contributed by atoms with van der Waals surface area (Å²) in [6.07, 6.45) is 0.877. The molecule has 10 heteroatoms. The summed E-state index contributed by atoms with van der Waals surface area (Å²) < 4.78 is 38.1. The second-order valence-corrected chi connectivity index (χ2v) is 8.23. The third kappa shape index (κ3) is 4.43. The molecule has 0 aliphatic carbocycles. The van der Waals surface area contributed by atoms with Gasteiger partial charge in [0.25, 0.3) is 5.91 Å².